The van der Waals surface area contributed by atoms with E-state index in [2.05, 4.69) is 5.10 Å². The number of ether oxygens (including phenoxy) is 1. The summed E-state index contributed by atoms with van der Waals surface area (Å²) in [7, 11) is 1.54. The van der Waals surface area contributed by atoms with Gasteiger partial charge in [0, 0.05) is 24.7 Å². The van der Waals surface area contributed by atoms with E-state index in [1.807, 2.05) is 24.3 Å². The van der Waals surface area contributed by atoms with E-state index in [4.69, 9.17) is 4.74 Å². The zero-order chi connectivity index (χ0) is 19.7. The van der Waals surface area contributed by atoms with E-state index in [0.717, 1.165) is 17.7 Å². The average molecular weight is 377 g/mol. The molecule has 1 aliphatic heterocycles. The van der Waals surface area contributed by atoms with Crippen molar-refractivity contribution in [2.24, 2.45) is 7.05 Å². The summed E-state index contributed by atoms with van der Waals surface area (Å²) in [6.07, 6.45) is 0.683. The Morgan fingerprint density at radius 3 is 2.61 bits per heavy atom. The number of hydrogen-bond donors (Lipinski definition) is 0. The minimum atomic E-state index is -0.558. The maximum Gasteiger partial charge on any atom is 0.312 e. The normalized spacial score (nSPS) is 12.8. The van der Waals surface area contributed by atoms with E-state index in [1.165, 1.54) is 11.7 Å². The van der Waals surface area contributed by atoms with Crippen LogP contribution in [0.2, 0.25) is 0 Å². The lowest BCUT2D eigenvalue weighted by molar-refractivity contribution is -0.147. The van der Waals surface area contributed by atoms with Crippen LogP contribution in [-0.4, -0.2) is 34.8 Å². The molecule has 4 rings (SSSR count). The molecule has 0 bridgehead atoms. The Morgan fingerprint density at radius 2 is 1.79 bits per heavy atom. The largest absolute Gasteiger partial charge is 0.455 e. The molecule has 0 aliphatic carbocycles. The van der Waals surface area contributed by atoms with Gasteiger partial charge in [-0.15, -0.1) is 0 Å². The highest BCUT2D eigenvalue weighted by molar-refractivity contribution is 5.97. The molecule has 0 N–H and O–H groups in total. The molecule has 1 aromatic heterocycles. The van der Waals surface area contributed by atoms with Gasteiger partial charge in [-0.2, -0.15) is 5.10 Å². The fraction of sp³-hybridized carbons (Fsp3) is 0.238. The molecule has 142 valence electrons. The van der Waals surface area contributed by atoms with Crippen molar-refractivity contribution in [1.29, 1.82) is 0 Å². The third kappa shape index (κ3) is 3.26. The number of aromatic nitrogens is 2. The molecule has 28 heavy (non-hydrogen) atoms. The van der Waals surface area contributed by atoms with Gasteiger partial charge in [-0.3, -0.25) is 14.4 Å². The smallest absolute Gasteiger partial charge is 0.312 e. The summed E-state index contributed by atoms with van der Waals surface area (Å²) in [5.41, 5.74) is 2.20. The van der Waals surface area contributed by atoms with Gasteiger partial charge in [0.25, 0.3) is 11.5 Å². The number of amides is 1. The predicted octanol–water partition coefficient (Wildman–Crippen LogP) is 1.61. The molecule has 0 saturated carbocycles. The number of anilines is 1. The van der Waals surface area contributed by atoms with E-state index in [0.29, 0.717) is 23.0 Å². The van der Waals surface area contributed by atoms with Gasteiger partial charge in [-0.25, -0.2) is 4.68 Å². The Bertz CT molecular complexity index is 1140. The van der Waals surface area contributed by atoms with Crippen LogP contribution in [0.15, 0.2) is 53.3 Å². The van der Waals surface area contributed by atoms with Crippen molar-refractivity contribution in [3.05, 3.63) is 70.1 Å². The third-order valence-corrected chi connectivity index (χ3v) is 4.89. The molecular weight excluding hydrogens is 358 g/mol. The molecule has 0 saturated heterocycles. The van der Waals surface area contributed by atoms with Crippen LogP contribution >= 0.6 is 0 Å². The molecule has 0 atom stereocenters. The number of fused-ring (bicyclic) bond motifs is 2. The number of carbonyl (C=O) groups is 2. The summed E-state index contributed by atoms with van der Waals surface area (Å²) < 4.78 is 6.40. The van der Waals surface area contributed by atoms with Crippen LogP contribution < -0.4 is 10.5 Å². The van der Waals surface area contributed by atoms with Crippen LogP contribution in [0.3, 0.4) is 0 Å². The topological polar surface area (TPSA) is 81.5 Å². The van der Waals surface area contributed by atoms with Gasteiger partial charge < -0.3 is 9.64 Å². The lowest BCUT2D eigenvalue weighted by Crippen LogP contribution is -2.33. The van der Waals surface area contributed by atoms with Gasteiger partial charge in [-0.1, -0.05) is 36.4 Å². The van der Waals surface area contributed by atoms with Crippen molar-refractivity contribution < 1.29 is 14.3 Å². The minimum absolute atomic E-state index is 0.113. The summed E-state index contributed by atoms with van der Waals surface area (Å²) in [4.78, 5) is 38.6. The van der Waals surface area contributed by atoms with Gasteiger partial charge in [0.05, 0.1) is 17.5 Å². The highest BCUT2D eigenvalue weighted by Crippen LogP contribution is 2.27. The van der Waals surface area contributed by atoms with Crippen molar-refractivity contribution in [1.82, 2.24) is 9.78 Å². The highest BCUT2D eigenvalue weighted by atomic mass is 16.5. The first kappa shape index (κ1) is 17.9. The summed E-state index contributed by atoms with van der Waals surface area (Å²) in [6, 6.07) is 14.7. The quantitative estimate of drug-likeness (QED) is 0.645. The van der Waals surface area contributed by atoms with Gasteiger partial charge in [-0.05, 0) is 24.1 Å². The Labute approximate surface area is 161 Å². The van der Waals surface area contributed by atoms with E-state index in [9.17, 15) is 14.4 Å². The molecule has 0 radical (unpaired) electrons. The van der Waals surface area contributed by atoms with Crippen LogP contribution in [-0.2, 0) is 34.2 Å². The molecule has 1 amide bonds. The molecule has 7 nitrogen and oxygen atoms in total. The number of benzene rings is 2. The fourth-order valence-corrected chi connectivity index (χ4v) is 3.51. The van der Waals surface area contributed by atoms with Gasteiger partial charge in [0.1, 0.15) is 0 Å². The van der Waals surface area contributed by atoms with Gasteiger partial charge >= 0.3 is 5.97 Å². The van der Waals surface area contributed by atoms with Crippen LogP contribution in [0, 0.1) is 0 Å². The number of aryl methyl sites for hydroxylation is 1. The van der Waals surface area contributed by atoms with Gasteiger partial charge in [0.2, 0.25) is 0 Å². The van der Waals surface area contributed by atoms with E-state index >= 15 is 0 Å². The molecule has 3 aromatic rings. The maximum absolute atomic E-state index is 12.5. The third-order valence-electron chi connectivity index (χ3n) is 4.89. The van der Waals surface area contributed by atoms with E-state index in [1.54, 1.807) is 29.2 Å². The Morgan fingerprint density at radius 1 is 1.07 bits per heavy atom. The summed E-state index contributed by atoms with van der Waals surface area (Å²) in [5, 5.41) is 5.29. The van der Waals surface area contributed by atoms with Crippen molar-refractivity contribution >= 4 is 28.3 Å². The lowest BCUT2D eigenvalue weighted by Gasteiger charge is -2.17. The number of rotatable bonds is 4. The maximum atomic E-state index is 12.5. The first-order valence-corrected chi connectivity index (χ1v) is 9.03. The Kier molecular flexibility index (Phi) is 4.65. The van der Waals surface area contributed by atoms with Crippen LogP contribution in [0.4, 0.5) is 5.69 Å². The van der Waals surface area contributed by atoms with Crippen molar-refractivity contribution in [2.45, 2.75) is 12.8 Å². The first-order chi connectivity index (χ1) is 13.5. The Hall–Kier alpha value is -3.48. The number of para-hydroxylation sites is 1. The molecule has 1 aliphatic rings. The number of hydrogen-bond acceptors (Lipinski definition) is 5. The summed E-state index contributed by atoms with van der Waals surface area (Å²) in [5.74, 6) is -0.811. The molecule has 7 heteroatoms. The zero-order valence-electron chi connectivity index (χ0n) is 15.4. The number of nitrogens with zero attached hydrogens (tertiary/aromatic N) is 3. The first-order valence-electron chi connectivity index (χ1n) is 9.03. The van der Waals surface area contributed by atoms with E-state index < -0.39 is 5.97 Å². The average Bonchev–Trinajstić information content (AvgIpc) is 3.14. The molecule has 2 aromatic carbocycles. The monoisotopic (exact) mass is 377 g/mol. The van der Waals surface area contributed by atoms with Crippen LogP contribution in [0.5, 0.6) is 0 Å². The zero-order valence-corrected chi connectivity index (χ0v) is 15.4. The number of carbonyl (C=O) groups excluding carboxylic acids is 2. The molecular formula is C21H19N3O4. The standard InChI is InChI=1S/C21H19N3O4/c1-23-21(27)16-8-4-3-7-15(16)17(22-23)12-20(26)28-13-19(25)24-11-10-14-6-2-5-9-18(14)24/h2-9H,10-13H2,1H3. The second-order valence-corrected chi connectivity index (χ2v) is 6.68. The van der Waals surface area contributed by atoms with Crippen molar-refractivity contribution in [2.75, 3.05) is 18.1 Å². The lowest BCUT2D eigenvalue weighted by atomic mass is 10.1. The van der Waals surface area contributed by atoms with Crippen molar-refractivity contribution in [3.8, 4) is 0 Å². The molecule has 0 unspecified atom stereocenters. The Balaban J connectivity index is 1.45. The number of esters is 1. The van der Waals surface area contributed by atoms with Crippen molar-refractivity contribution in [3.63, 3.8) is 0 Å². The minimum Gasteiger partial charge on any atom is -0.455 e. The summed E-state index contributed by atoms with van der Waals surface area (Å²) in [6.45, 7) is 0.263. The molecule has 0 fully saturated rings. The molecule has 0 spiro atoms. The highest BCUT2D eigenvalue weighted by Gasteiger charge is 2.25. The predicted molar refractivity (Wildman–Crippen MR) is 104 cm³/mol. The van der Waals surface area contributed by atoms with Crippen LogP contribution in [0.1, 0.15) is 11.3 Å². The second-order valence-electron chi connectivity index (χ2n) is 6.68. The van der Waals surface area contributed by atoms with E-state index in [-0.39, 0.29) is 24.5 Å². The molecule has 2 heterocycles. The van der Waals surface area contributed by atoms with Crippen LogP contribution in [0.25, 0.3) is 10.8 Å². The van der Waals surface area contributed by atoms with Gasteiger partial charge in [0.15, 0.2) is 6.61 Å². The SMILES string of the molecule is Cn1nc(CC(=O)OCC(=O)N2CCc3ccccc32)c2ccccc2c1=O. The summed E-state index contributed by atoms with van der Waals surface area (Å²) >= 11 is 0. The fourth-order valence-electron chi connectivity index (χ4n) is 3.51. The second kappa shape index (κ2) is 7.26.